The molecule has 148 valence electrons. The molecule has 0 amide bonds. The number of carbonyl (C=O) groups excluding carboxylic acids is 1. The van der Waals surface area contributed by atoms with Crippen LogP contribution in [0, 0.1) is 12.8 Å². The number of sulfone groups is 1. The first-order valence-corrected chi connectivity index (χ1v) is 11.4. The molecule has 2 rings (SSSR count). The van der Waals surface area contributed by atoms with Crippen molar-refractivity contribution in [1.29, 1.82) is 0 Å². The Hall–Kier alpha value is -1.87. The fourth-order valence-corrected chi connectivity index (χ4v) is 4.36. The molecule has 9 heteroatoms. The molecule has 0 aliphatic carbocycles. The van der Waals surface area contributed by atoms with Crippen molar-refractivity contribution in [3.05, 3.63) is 35.7 Å². The van der Waals surface area contributed by atoms with Gasteiger partial charge in [-0.3, -0.25) is 4.79 Å². The minimum Gasteiger partial charge on any atom is -0.465 e. The lowest BCUT2D eigenvalue weighted by Crippen LogP contribution is -2.13. The first-order valence-electron chi connectivity index (χ1n) is 8.73. The van der Waals surface area contributed by atoms with Crippen molar-refractivity contribution in [3.8, 4) is 0 Å². The van der Waals surface area contributed by atoms with E-state index < -0.39 is 9.84 Å². The summed E-state index contributed by atoms with van der Waals surface area (Å²) in [5, 5.41) is 8.59. The molecule has 0 saturated heterocycles. The van der Waals surface area contributed by atoms with E-state index in [-0.39, 0.29) is 28.3 Å². The van der Waals surface area contributed by atoms with Crippen LogP contribution in [0.1, 0.15) is 32.2 Å². The molecule has 1 heterocycles. The standard InChI is InChI=1S/C18H25N3O4S2/c1-5-21-16(12-27(23,24)15-8-6-14(4)7-9-15)19-20-18(21)26-11-17(22)25-10-13(2)3/h6-9,13H,5,10-12H2,1-4H3. The molecule has 27 heavy (non-hydrogen) atoms. The Bertz CT molecular complexity index is 875. The Kier molecular flexibility index (Phi) is 7.43. The number of rotatable bonds is 9. The Labute approximate surface area is 164 Å². The van der Waals surface area contributed by atoms with E-state index in [0.29, 0.717) is 24.1 Å². The SMILES string of the molecule is CCn1c(CS(=O)(=O)c2ccc(C)cc2)nnc1SCC(=O)OCC(C)C. The molecule has 0 N–H and O–H groups in total. The molecule has 0 fully saturated rings. The third-order valence-corrected chi connectivity index (χ3v) is 6.27. The van der Waals surface area contributed by atoms with E-state index in [1.807, 2.05) is 27.7 Å². The minimum absolute atomic E-state index is 0.107. The summed E-state index contributed by atoms with van der Waals surface area (Å²) in [6, 6.07) is 6.72. The van der Waals surface area contributed by atoms with Crippen molar-refractivity contribution in [2.75, 3.05) is 12.4 Å². The summed E-state index contributed by atoms with van der Waals surface area (Å²) in [7, 11) is -3.52. The molecule has 2 aromatic rings. The second-order valence-electron chi connectivity index (χ2n) is 6.58. The fourth-order valence-electron chi connectivity index (χ4n) is 2.27. The van der Waals surface area contributed by atoms with E-state index in [1.165, 1.54) is 11.8 Å². The van der Waals surface area contributed by atoms with Gasteiger partial charge in [0.2, 0.25) is 0 Å². The summed E-state index contributed by atoms with van der Waals surface area (Å²) in [5.41, 5.74) is 0.994. The Morgan fingerprint density at radius 2 is 1.89 bits per heavy atom. The van der Waals surface area contributed by atoms with Crippen LogP contribution in [0.5, 0.6) is 0 Å². The van der Waals surface area contributed by atoms with E-state index in [0.717, 1.165) is 5.56 Å². The van der Waals surface area contributed by atoms with Crippen molar-refractivity contribution in [3.63, 3.8) is 0 Å². The molecule has 1 aromatic carbocycles. The maximum atomic E-state index is 12.6. The number of aromatic nitrogens is 3. The van der Waals surface area contributed by atoms with Crippen molar-refractivity contribution >= 4 is 27.6 Å². The van der Waals surface area contributed by atoms with E-state index in [9.17, 15) is 13.2 Å². The summed E-state index contributed by atoms with van der Waals surface area (Å²) < 4.78 is 32.1. The molecule has 0 aliphatic rings. The first-order chi connectivity index (χ1) is 12.7. The van der Waals surface area contributed by atoms with Crippen LogP contribution < -0.4 is 0 Å². The second-order valence-corrected chi connectivity index (χ2v) is 9.51. The zero-order valence-electron chi connectivity index (χ0n) is 16.0. The van der Waals surface area contributed by atoms with Crippen molar-refractivity contribution in [1.82, 2.24) is 14.8 Å². The normalized spacial score (nSPS) is 11.7. The van der Waals surface area contributed by atoms with Crippen LogP contribution in [-0.4, -0.2) is 41.5 Å². The second kappa shape index (κ2) is 9.36. The highest BCUT2D eigenvalue weighted by atomic mass is 32.2. The highest BCUT2D eigenvalue weighted by Crippen LogP contribution is 2.21. The van der Waals surface area contributed by atoms with Crippen LogP contribution in [0.2, 0.25) is 0 Å². The van der Waals surface area contributed by atoms with Gasteiger partial charge in [0.25, 0.3) is 0 Å². The van der Waals surface area contributed by atoms with Gasteiger partial charge in [-0.05, 0) is 31.9 Å². The van der Waals surface area contributed by atoms with Crippen LogP contribution >= 0.6 is 11.8 Å². The Morgan fingerprint density at radius 3 is 2.48 bits per heavy atom. The van der Waals surface area contributed by atoms with Gasteiger partial charge in [-0.25, -0.2) is 8.42 Å². The number of aryl methyl sites for hydroxylation is 1. The number of esters is 1. The lowest BCUT2D eigenvalue weighted by atomic mass is 10.2. The maximum absolute atomic E-state index is 12.6. The molecular weight excluding hydrogens is 386 g/mol. The van der Waals surface area contributed by atoms with E-state index in [4.69, 9.17) is 4.74 Å². The number of thioether (sulfide) groups is 1. The predicted molar refractivity (Wildman–Crippen MR) is 104 cm³/mol. The summed E-state index contributed by atoms with van der Waals surface area (Å²) in [6.07, 6.45) is 0. The van der Waals surface area contributed by atoms with E-state index in [1.54, 1.807) is 28.8 Å². The number of nitrogens with zero attached hydrogens (tertiary/aromatic N) is 3. The van der Waals surface area contributed by atoms with Crippen molar-refractivity contribution in [2.45, 2.75) is 50.0 Å². The van der Waals surface area contributed by atoms with Crippen LogP contribution in [0.4, 0.5) is 0 Å². The molecule has 0 saturated carbocycles. The Balaban J connectivity index is 2.08. The molecule has 0 unspecified atom stereocenters. The monoisotopic (exact) mass is 411 g/mol. The number of hydrogen-bond donors (Lipinski definition) is 0. The molecular formula is C18H25N3O4S2. The fraction of sp³-hybridized carbons (Fsp3) is 0.500. The smallest absolute Gasteiger partial charge is 0.316 e. The lowest BCUT2D eigenvalue weighted by Gasteiger charge is -2.09. The molecule has 0 aliphatic heterocycles. The van der Waals surface area contributed by atoms with Crippen molar-refractivity contribution < 1.29 is 17.9 Å². The van der Waals surface area contributed by atoms with Gasteiger partial charge >= 0.3 is 5.97 Å². The summed E-state index contributed by atoms with van der Waals surface area (Å²) >= 11 is 1.20. The third-order valence-electron chi connectivity index (χ3n) is 3.71. The molecule has 7 nitrogen and oxygen atoms in total. The predicted octanol–water partition coefficient (Wildman–Crippen LogP) is 2.87. The average molecular weight is 412 g/mol. The highest BCUT2D eigenvalue weighted by Gasteiger charge is 2.21. The topological polar surface area (TPSA) is 91.1 Å². The van der Waals surface area contributed by atoms with Gasteiger partial charge in [0.15, 0.2) is 15.0 Å². The number of ether oxygens (including phenoxy) is 1. The van der Waals surface area contributed by atoms with Crippen LogP contribution in [0.25, 0.3) is 0 Å². The first kappa shape index (κ1) is 21.4. The lowest BCUT2D eigenvalue weighted by molar-refractivity contribution is -0.141. The van der Waals surface area contributed by atoms with Crippen LogP contribution in [0.3, 0.4) is 0 Å². The number of carbonyl (C=O) groups is 1. The highest BCUT2D eigenvalue weighted by molar-refractivity contribution is 7.99. The number of hydrogen-bond acceptors (Lipinski definition) is 7. The van der Waals surface area contributed by atoms with Crippen LogP contribution in [-0.2, 0) is 31.7 Å². The summed E-state index contributed by atoms with van der Waals surface area (Å²) in [6.45, 7) is 8.60. The molecule has 1 aromatic heterocycles. The van der Waals surface area contributed by atoms with Gasteiger partial charge < -0.3 is 9.30 Å². The van der Waals surface area contributed by atoms with Gasteiger partial charge in [-0.2, -0.15) is 0 Å². The van der Waals surface area contributed by atoms with Gasteiger partial charge in [-0.15, -0.1) is 10.2 Å². The molecule has 0 radical (unpaired) electrons. The number of benzene rings is 1. The zero-order valence-corrected chi connectivity index (χ0v) is 17.6. The molecule has 0 spiro atoms. The van der Waals surface area contributed by atoms with Gasteiger partial charge in [0.05, 0.1) is 17.3 Å². The zero-order chi connectivity index (χ0) is 20.0. The Morgan fingerprint density at radius 1 is 1.22 bits per heavy atom. The maximum Gasteiger partial charge on any atom is 0.316 e. The van der Waals surface area contributed by atoms with Crippen LogP contribution in [0.15, 0.2) is 34.3 Å². The summed E-state index contributed by atoms with van der Waals surface area (Å²) in [5.74, 6) is 0.172. The third kappa shape index (κ3) is 6.07. The van der Waals surface area contributed by atoms with Gasteiger partial charge in [-0.1, -0.05) is 43.3 Å². The quantitative estimate of drug-likeness (QED) is 0.463. The molecule has 0 atom stereocenters. The molecule has 0 bridgehead atoms. The largest absolute Gasteiger partial charge is 0.465 e. The van der Waals surface area contributed by atoms with Gasteiger partial charge in [0, 0.05) is 6.54 Å². The van der Waals surface area contributed by atoms with Crippen molar-refractivity contribution in [2.24, 2.45) is 5.92 Å². The van der Waals surface area contributed by atoms with E-state index >= 15 is 0 Å². The minimum atomic E-state index is -3.52. The average Bonchev–Trinajstić information content (AvgIpc) is 2.99. The van der Waals surface area contributed by atoms with E-state index in [2.05, 4.69) is 10.2 Å². The summed E-state index contributed by atoms with van der Waals surface area (Å²) in [4.78, 5) is 12.0. The van der Waals surface area contributed by atoms with Gasteiger partial charge in [0.1, 0.15) is 11.6 Å².